The highest BCUT2D eigenvalue weighted by atomic mass is 16.6. The van der Waals surface area contributed by atoms with Gasteiger partial charge in [0.1, 0.15) is 18.8 Å². The van der Waals surface area contributed by atoms with Crippen molar-refractivity contribution in [2.24, 2.45) is 16.7 Å². The molecule has 0 radical (unpaired) electrons. The van der Waals surface area contributed by atoms with Crippen LogP contribution in [0.25, 0.3) is 0 Å². The quantitative estimate of drug-likeness (QED) is 0.281. The van der Waals surface area contributed by atoms with E-state index in [9.17, 15) is 4.79 Å². The first-order valence-corrected chi connectivity index (χ1v) is 11.3. The third-order valence-electron chi connectivity index (χ3n) is 5.56. The van der Waals surface area contributed by atoms with Gasteiger partial charge in [-0.3, -0.25) is 4.79 Å². The van der Waals surface area contributed by atoms with Gasteiger partial charge in [-0.1, -0.05) is 41.0 Å². The first-order valence-electron chi connectivity index (χ1n) is 11.3. The van der Waals surface area contributed by atoms with Crippen molar-refractivity contribution in [2.75, 3.05) is 46.2 Å². The molecule has 170 valence electrons. The number of rotatable bonds is 16. The summed E-state index contributed by atoms with van der Waals surface area (Å²) in [7, 11) is 0. The normalized spacial score (nSPS) is 24.0. The molecule has 6 heteroatoms. The molecule has 0 bridgehead atoms. The molecule has 2 saturated heterocycles. The highest BCUT2D eigenvalue weighted by Crippen LogP contribution is 2.28. The first-order chi connectivity index (χ1) is 13.7. The van der Waals surface area contributed by atoms with Gasteiger partial charge in [-0.25, -0.2) is 0 Å². The van der Waals surface area contributed by atoms with Crippen molar-refractivity contribution < 1.29 is 28.5 Å². The Morgan fingerprint density at radius 3 is 2.03 bits per heavy atom. The van der Waals surface area contributed by atoms with Crippen molar-refractivity contribution in [3.05, 3.63) is 0 Å². The monoisotopic (exact) mass is 414 g/mol. The van der Waals surface area contributed by atoms with Crippen LogP contribution in [0.15, 0.2) is 0 Å². The third-order valence-corrected chi connectivity index (χ3v) is 5.56. The smallest absolute Gasteiger partial charge is 0.305 e. The standard InChI is InChI=1S/C23H42O6/c1-6-23(15-25-11-19-13-27-19,16-26-12-20-14-28-20)17-29-21(24)9-7-8-18(2)10-22(3,4)5/h18-20H,6-17H2,1-5H3. The second-order valence-corrected chi connectivity index (χ2v) is 10.2. The highest BCUT2D eigenvalue weighted by molar-refractivity contribution is 5.69. The fourth-order valence-corrected chi connectivity index (χ4v) is 3.62. The lowest BCUT2D eigenvalue weighted by Gasteiger charge is -2.31. The SMILES string of the molecule is CCC(COCC1CO1)(COCC1CO1)COC(=O)CCCC(C)CC(C)(C)C. The number of esters is 1. The van der Waals surface area contributed by atoms with Gasteiger partial charge in [0.15, 0.2) is 0 Å². The van der Waals surface area contributed by atoms with Crippen LogP contribution in [0.2, 0.25) is 0 Å². The molecule has 29 heavy (non-hydrogen) atoms. The second-order valence-electron chi connectivity index (χ2n) is 10.2. The minimum atomic E-state index is -0.320. The van der Waals surface area contributed by atoms with Crippen LogP contribution in [0.3, 0.4) is 0 Å². The maximum atomic E-state index is 12.3. The predicted molar refractivity (Wildman–Crippen MR) is 112 cm³/mol. The Morgan fingerprint density at radius 1 is 1.03 bits per heavy atom. The molecule has 3 atom stereocenters. The lowest BCUT2D eigenvalue weighted by Crippen LogP contribution is -2.38. The molecule has 0 aromatic heterocycles. The maximum Gasteiger partial charge on any atom is 0.305 e. The molecular formula is C23H42O6. The topological polar surface area (TPSA) is 69.8 Å². The van der Waals surface area contributed by atoms with Crippen LogP contribution in [0, 0.1) is 16.7 Å². The van der Waals surface area contributed by atoms with Crippen molar-refractivity contribution in [3.8, 4) is 0 Å². The molecule has 2 rings (SSSR count). The zero-order valence-corrected chi connectivity index (χ0v) is 19.2. The molecule has 0 amide bonds. The van der Waals surface area contributed by atoms with Gasteiger partial charge in [-0.2, -0.15) is 0 Å². The van der Waals surface area contributed by atoms with Crippen LogP contribution < -0.4 is 0 Å². The minimum absolute atomic E-state index is 0.123. The number of carbonyl (C=O) groups is 1. The average molecular weight is 415 g/mol. The molecule has 0 saturated carbocycles. The van der Waals surface area contributed by atoms with Crippen molar-refractivity contribution in [3.63, 3.8) is 0 Å². The van der Waals surface area contributed by atoms with E-state index in [-0.39, 0.29) is 23.6 Å². The van der Waals surface area contributed by atoms with Gasteiger partial charge in [0, 0.05) is 6.42 Å². The van der Waals surface area contributed by atoms with Crippen molar-refractivity contribution in [2.45, 2.75) is 78.9 Å². The third kappa shape index (κ3) is 11.3. The Labute approximate surface area is 176 Å². The lowest BCUT2D eigenvalue weighted by molar-refractivity contribution is -0.152. The summed E-state index contributed by atoms with van der Waals surface area (Å²) in [5, 5.41) is 0. The van der Waals surface area contributed by atoms with Gasteiger partial charge in [0.2, 0.25) is 0 Å². The fraction of sp³-hybridized carbons (Fsp3) is 0.957. The molecule has 2 aliphatic heterocycles. The summed E-state index contributed by atoms with van der Waals surface area (Å²) in [5.41, 5.74) is 0.0105. The van der Waals surface area contributed by atoms with Crippen LogP contribution in [-0.2, 0) is 28.5 Å². The largest absolute Gasteiger partial charge is 0.465 e. The van der Waals surface area contributed by atoms with Crippen LogP contribution in [0.4, 0.5) is 0 Å². The Hall–Kier alpha value is -0.690. The fourth-order valence-electron chi connectivity index (χ4n) is 3.62. The molecule has 2 heterocycles. The van der Waals surface area contributed by atoms with Crippen LogP contribution in [-0.4, -0.2) is 64.4 Å². The van der Waals surface area contributed by atoms with E-state index >= 15 is 0 Å². The number of hydrogen-bond acceptors (Lipinski definition) is 6. The zero-order valence-electron chi connectivity index (χ0n) is 19.2. The molecule has 2 fully saturated rings. The van der Waals surface area contributed by atoms with Crippen LogP contribution in [0.1, 0.15) is 66.7 Å². The summed E-state index contributed by atoms with van der Waals surface area (Å²) in [6, 6.07) is 0. The van der Waals surface area contributed by atoms with Crippen molar-refractivity contribution in [1.29, 1.82) is 0 Å². The van der Waals surface area contributed by atoms with E-state index in [2.05, 4.69) is 34.6 Å². The minimum Gasteiger partial charge on any atom is -0.465 e. The number of epoxide rings is 2. The summed E-state index contributed by atoms with van der Waals surface area (Å²) >= 11 is 0. The summed E-state index contributed by atoms with van der Waals surface area (Å²) in [6.07, 6.45) is 4.85. The van der Waals surface area contributed by atoms with Crippen molar-refractivity contribution in [1.82, 2.24) is 0 Å². The molecule has 0 aromatic carbocycles. The van der Waals surface area contributed by atoms with E-state index < -0.39 is 0 Å². The molecule has 2 aliphatic rings. The molecule has 0 aliphatic carbocycles. The Bertz CT molecular complexity index is 460. The molecular weight excluding hydrogens is 372 g/mol. The summed E-state index contributed by atoms with van der Waals surface area (Å²) < 4.78 is 27.8. The van der Waals surface area contributed by atoms with Gasteiger partial charge in [0.25, 0.3) is 0 Å². The first kappa shape index (κ1) is 24.6. The van der Waals surface area contributed by atoms with Gasteiger partial charge in [-0.05, 0) is 30.6 Å². The summed E-state index contributed by atoms with van der Waals surface area (Å²) in [5.74, 6) is 0.496. The van der Waals surface area contributed by atoms with Crippen LogP contribution >= 0.6 is 0 Å². The number of carbonyl (C=O) groups excluding carboxylic acids is 1. The Morgan fingerprint density at radius 2 is 1.59 bits per heavy atom. The van der Waals surface area contributed by atoms with Gasteiger partial charge >= 0.3 is 5.97 Å². The van der Waals surface area contributed by atoms with E-state index in [0.29, 0.717) is 50.8 Å². The van der Waals surface area contributed by atoms with Gasteiger partial charge < -0.3 is 23.7 Å². The number of ether oxygens (including phenoxy) is 5. The molecule has 0 aromatic rings. The highest BCUT2D eigenvalue weighted by Gasteiger charge is 2.34. The van der Waals surface area contributed by atoms with E-state index in [0.717, 1.165) is 32.5 Å². The lowest BCUT2D eigenvalue weighted by atomic mass is 9.83. The van der Waals surface area contributed by atoms with Crippen LogP contribution in [0.5, 0.6) is 0 Å². The summed E-state index contributed by atoms with van der Waals surface area (Å²) in [6.45, 7) is 15.2. The predicted octanol–water partition coefficient (Wildman–Crippen LogP) is 4.00. The maximum absolute atomic E-state index is 12.3. The van der Waals surface area contributed by atoms with E-state index in [4.69, 9.17) is 23.7 Å². The average Bonchev–Trinajstić information content (AvgIpc) is 3.53. The molecule has 3 unspecified atom stereocenters. The van der Waals surface area contributed by atoms with Crippen molar-refractivity contribution >= 4 is 5.97 Å². The molecule has 0 N–H and O–H groups in total. The number of hydrogen-bond donors (Lipinski definition) is 0. The van der Waals surface area contributed by atoms with Gasteiger partial charge in [0.05, 0.1) is 45.1 Å². The Balaban J connectivity index is 1.70. The molecule has 6 nitrogen and oxygen atoms in total. The van der Waals surface area contributed by atoms with E-state index in [1.165, 1.54) is 6.42 Å². The van der Waals surface area contributed by atoms with Gasteiger partial charge in [-0.15, -0.1) is 0 Å². The van der Waals surface area contributed by atoms with E-state index in [1.807, 2.05) is 0 Å². The zero-order chi connectivity index (χ0) is 21.3. The summed E-state index contributed by atoms with van der Waals surface area (Å²) in [4.78, 5) is 12.3. The second kappa shape index (κ2) is 11.6. The molecule has 0 spiro atoms. The Kier molecular flexibility index (Phi) is 9.86. The van der Waals surface area contributed by atoms with E-state index in [1.54, 1.807) is 0 Å².